The van der Waals surface area contributed by atoms with Crippen molar-refractivity contribution >= 4 is 17.9 Å². The van der Waals surface area contributed by atoms with Gasteiger partial charge in [-0.1, -0.05) is 65.2 Å². The quantitative estimate of drug-likeness (QED) is 0.318. The first kappa shape index (κ1) is 26.6. The number of aliphatic carboxylic acids is 3. The molecule has 0 heterocycles. The number of hydrogen-bond acceptors (Lipinski definition) is 4. The molecule has 7 heteroatoms. The smallest absolute Gasteiger partial charge is 0.320 e. The maximum absolute atomic E-state index is 10.3. The van der Waals surface area contributed by atoms with Gasteiger partial charge in [-0.25, -0.2) is 0 Å². The van der Waals surface area contributed by atoms with Crippen LogP contribution in [-0.2, 0) is 14.4 Å². The molecule has 0 amide bonds. The molecule has 0 spiro atoms. The Kier molecular flexibility index (Phi) is 18.6. The van der Waals surface area contributed by atoms with Crippen molar-refractivity contribution in [3.63, 3.8) is 0 Å². The third-order valence-electron chi connectivity index (χ3n) is 4.03. The van der Waals surface area contributed by atoms with Gasteiger partial charge in [0.1, 0.15) is 6.04 Å². The van der Waals surface area contributed by atoms with E-state index < -0.39 is 23.9 Å². The largest absolute Gasteiger partial charge is 0.481 e. The molecule has 0 bridgehead atoms. The Balaban J connectivity index is 0. The molecule has 0 saturated carbocycles. The van der Waals surface area contributed by atoms with E-state index in [1.807, 2.05) is 0 Å². The summed E-state index contributed by atoms with van der Waals surface area (Å²) in [6.45, 7) is 3.55. The Morgan fingerprint density at radius 1 is 0.654 bits per heavy atom. The molecule has 154 valence electrons. The van der Waals surface area contributed by atoms with Crippen molar-refractivity contribution in [2.45, 2.75) is 96.9 Å². The van der Waals surface area contributed by atoms with Crippen molar-refractivity contribution in [2.75, 3.05) is 0 Å². The molecule has 0 radical (unpaired) electrons. The highest BCUT2D eigenvalue weighted by molar-refractivity contribution is 5.73. The molecule has 0 aliphatic rings. The molecule has 5 N–H and O–H groups in total. The first-order valence-electron chi connectivity index (χ1n) is 9.60. The number of hydrogen-bond donors (Lipinski definition) is 4. The van der Waals surface area contributed by atoms with Gasteiger partial charge in [-0.3, -0.25) is 14.4 Å². The molecule has 0 saturated heterocycles. The summed E-state index contributed by atoms with van der Waals surface area (Å²) in [7, 11) is 0. The van der Waals surface area contributed by atoms with Gasteiger partial charge < -0.3 is 21.1 Å². The van der Waals surface area contributed by atoms with Gasteiger partial charge in [0.25, 0.3) is 0 Å². The molecular formula is C19H37NO6. The topological polar surface area (TPSA) is 138 Å². The number of carbonyl (C=O) groups is 3. The number of rotatable bonds is 15. The van der Waals surface area contributed by atoms with Crippen molar-refractivity contribution in [1.82, 2.24) is 0 Å². The highest BCUT2D eigenvalue weighted by Crippen LogP contribution is 2.11. The summed E-state index contributed by atoms with van der Waals surface area (Å²) in [5.74, 6) is -2.31. The van der Waals surface area contributed by atoms with Crippen molar-refractivity contribution in [3.05, 3.63) is 0 Å². The van der Waals surface area contributed by atoms with Gasteiger partial charge >= 0.3 is 17.9 Å². The first-order chi connectivity index (χ1) is 12.2. The molecule has 0 aliphatic carbocycles. The summed E-state index contributed by atoms with van der Waals surface area (Å²) in [5.41, 5.74) is 5.16. The lowest BCUT2D eigenvalue weighted by atomic mass is 10.1. The van der Waals surface area contributed by atoms with Crippen LogP contribution in [-0.4, -0.2) is 39.3 Å². The third kappa shape index (κ3) is 22.4. The molecular weight excluding hydrogens is 338 g/mol. The number of unbranched alkanes of at least 4 members (excludes halogenated alkanes) is 9. The SMILES string of the molecule is CC(C)[C@H](N)C(=O)O.O=C(O)CCCCCCCCCCCCC(=O)O. The van der Waals surface area contributed by atoms with E-state index in [4.69, 9.17) is 21.1 Å². The summed E-state index contributed by atoms with van der Waals surface area (Å²) in [4.78, 5) is 30.5. The zero-order valence-corrected chi connectivity index (χ0v) is 16.3. The molecule has 26 heavy (non-hydrogen) atoms. The van der Waals surface area contributed by atoms with Crippen LogP contribution in [0.15, 0.2) is 0 Å². The molecule has 0 unspecified atom stereocenters. The van der Waals surface area contributed by atoms with Crippen LogP contribution in [0.1, 0.15) is 90.9 Å². The fourth-order valence-corrected chi connectivity index (χ4v) is 2.25. The van der Waals surface area contributed by atoms with Gasteiger partial charge in [-0.2, -0.15) is 0 Å². The molecule has 0 aromatic carbocycles. The Labute approximate surface area is 157 Å². The standard InChI is InChI=1S/C14H26O4.C5H11NO2/c15-13(16)11-9-7-5-3-1-2-4-6-8-10-12-14(17)18;1-3(2)4(6)5(7)8/h1-12H2,(H,15,16)(H,17,18);3-4H,6H2,1-2H3,(H,7,8)/t;4-/m.0/s1. The minimum atomic E-state index is -0.931. The van der Waals surface area contributed by atoms with Gasteiger partial charge in [-0.15, -0.1) is 0 Å². The van der Waals surface area contributed by atoms with E-state index in [-0.39, 0.29) is 5.92 Å². The maximum atomic E-state index is 10.3. The molecule has 1 atom stereocenters. The lowest BCUT2D eigenvalue weighted by Crippen LogP contribution is -2.34. The predicted octanol–water partition coefficient (Wildman–Crippen LogP) is 3.89. The normalized spacial score (nSPS) is 11.5. The summed E-state index contributed by atoms with van der Waals surface area (Å²) >= 11 is 0. The molecule has 0 rings (SSSR count). The summed E-state index contributed by atoms with van der Waals surface area (Å²) in [6.07, 6.45) is 11.3. The molecule has 0 fully saturated rings. The number of carboxylic acid groups (broad SMARTS) is 3. The van der Waals surface area contributed by atoms with Crippen LogP contribution in [0, 0.1) is 5.92 Å². The Morgan fingerprint density at radius 3 is 1.08 bits per heavy atom. The van der Waals surface area contributed by atoms with Crippen molar-refractivity contribution < 1.29 is 29.7 Å². The van der Waals surface area contributed by atoms with E-state index in [1.54, 1.807) is 13.8 Å². The summed E-state index contributed by atoms with van der Waals surface area (Å²) in [5, 5.41) is 25.1. The maximum Gasteiger partial charge on any atom is 0.320 e. The second-order valence-electron chi connectivity index (χ2n) is 6.93. The third-order valence-corrected chi connectivity index (χ3v) is 4.03. The lowest BCUT2D eigenvalue weighted by Gasteiger charge is -2.07. The van der Waals surface area contributed by atoms with Gasteiger partial charge in [0.15, 0.2) is 0 Å². The highest BCUT2D eigenvalue weighted by atomic mass is 16.4. The highest BCUT2D eigenvalue weighted by Gasteiger charge is 2.14. The molecule has 0 aromatic rings. The van der Waals surface area contributed by atoms with Crippen LogP contribution in [0.2, 0.25) is 0 Å². The summed E-state index contributed by atoms with van der Waals surface area (Å²) < 4.78 is 0. The van der Waals surface area contributed by atoms with Crippen LogP contribution < -0.4 is 5.73 Å². The Hall–Kier alpha value is -1.63. The zero-order chi connectivity index (χ0) is 20.4. The van der Waals surface area contributed by atoms with Crippen molar-refractivity contribution in [1.29, 1.82) is 0 Å². The first-order valence-corrected chi connectivity index (χ1v) is 9.60. The van der Waals surface area contributed by atoms with E-state index in [2.05, 4.69) is 0 Å². The second-order valence-corrected chi connectivity index (χ2v) is 6.93. The minimum Gasteiger partial charge on any atom is -0.481 e. The van der Waals surface area contributed by atoms with Gasteiger partial charge in [0.2, 0.25) is 0 Å². The lowest BCUT2D eigenvalue weighted by molar-refractivity contribution is -0.140. The average molecular weight is 376 g/mol. The fraction of sp³-hybridized carbons (Fsp3) is 0.842. The zero-order valence-electron chi connectivity index (χ0n) is 16.3. The van der Waals surface area contributed by atoms with Crippen LogP contribution in [0.5, 0.6) is 0 Å². The van der Waals surface area contributed by atoms with Gasteiger partial charge in [-0.05, 0) is 18.8 Å². The van der Waals surface area contributed by atoms with E-state index in [1.165, 1.54) is 25.7 Å². The Morgan fingerprint density at radius 2 is 0.923 bits per heavy atom. The van der Waals surface area contributed by atoms with Crippen LogP contribution >= 0.6 is 0 Å². The van der Waals surface area contributed by atoms with Crippen molar-refractivity contribution in [3.8, 4) is 0 Å². The molecule has 0 aliphatic heterocycles. The van der Waals surface area contributed by atoms with Crippen LogP contribution in [0.4, 0.5) is 0 Å². The van der Waals surface area contributed by atoms with Crippen LogP contribution in [0.25, 0.3) is 0 Å². The van der Waals surface area contributed by atoms with E-state index >= 15 is 0 Å². The van der Waals surface area contributed by atoms with Gasteiger partial charge in [0, 0.05) is 12.8 Å². The monoisotopic (exact) mass is 375 g/mol. The number of carboxylic acids is 3. The average Bonchev–Trinajstić information content (AvgIpc) is 2.55. The van der Waals surface area contributed by atoms with Crippen molar-refractivity contribution in [2.24, 2.45) is 11.7 Å². The molecule has 7 nitrogen and oxygen atoms in total. The predicted molar refractivity (Wildman–Crippen MR) is 101 cm³/mol. The fourth-order valence-electron chi connectivity index (χ4n) is 2.25. The van der Waals surface area contributed by atoms with Gasteiger partial charge in [0.05, 0.1) is 0 Å². The Bertz CT molecular complexity index is 360. The summed E-state index contributed by atoms with van der Waals surface area (Å²) in [6, 6.07) is -0.713. The minimum absolute atomic E-state index is 0.0208. The number of nitrogens with two attached hydrogens (primary N) is 1. The van der Waals surface area contributed by atoms with E-state index in [0.717, 1.165) is 38.5 Å². The second kappa shape index (κ2) is 18.2. The van der Waals surface area contributed by atoms with E-state index in [9.17, 15) is 14.4 Å². The molecule has 0 aromatic heterocycles. The van der Waals surface area contributed by atoms with Crippen LogP contribution in [0.3, 0.4) is 0 Å². The van der Waals surface area contributed by atoms with E-state index in [0.29, 0.717) is 12.8 Å².